The van der Waals surface area contributed by atoms with Crippen molar-refractivity contribution in [3.63, 3.8) is 0 Å². The molecule has 18 heavy (non-hydrogen) atoms. The number of fused-ring (bicyclic) bond motifs is 2. The Labute approximate surface area is 120 Å². The molecule has 3 unspecified atom stereocenters. The normalized spacial score (nSPS) is 28.9. The summed E-state index contributed by atoms with van der Waals surface area (Å²) in [5.41, 5.74) is 0.796. The van der Waals surface area contributed by atoms with Crippen LogP contribution in [0.2, 0.25) is 5.02 Å². The summed E-state index contributed by atoms with van der Waals surface area (Å²) in [5, 5.41) is 3.79. The van der Waals surface area contributed by atoms with Crippen LogP contribution in [0.4, 0.5) is 10.1 Å². The second kappa shape index (κ2) is 4.86. The first-order valence-corrected chi connectivity index (χ1v) is 7.37. The van der Waals surface area contributed by atoms with E-state index in [9.17, 15) is 4.39 Å². The van der Waals surface area contributed by atoms with Crippen molar-refractivity contribution in [2.24, 2.45) is 17.8 Å². The van der Waals surface area contributed by atoms with E-state index >= 15 is 0 Å². The van der Waals surface area contributed by atoms with Gasteiger partial charge in [0, 0.05) is 11.0 Å². The molecule has 4 heteroatoms. The van der Waals surface area contributed by atoms with E-state index in [2.05, 4.69) is 33.4 Å². The maximum absolute atomic E-state index is 13.1. The van der Waals surface area contributed by atoms with E-state index in [4.69, 9.17) is 11.6 Å². The molecule has 96 valence electrons. The molecule has 0 aliphatic heterocycles. The molecule has 1 nitrogen and oxygen atoms in total. The predicted octanol–water partition coefficient (Wildman–Crippen LogP) is 4.87. The molecule has 1 aromatic rings. The standard InChI is InChI=1S/C14H14BrClFN/c15-12-5-11(17)6-13(16)14(12)18-7-10-4-8-1-2-9(10)3-8/h1-2,5-6,8-10,18H,3-4,7H2. The summed E-state index contributed by atoms with van der Waals surface area (Å²) in [5.74, 6) is 1.84. The molecule has 0 amide bonds. The zero-order valence-corrected chi connectivity index (χ0v) is 12.1. The van der Waals surface area contributed by atoms with Gasteiger partial charge in [-0.25, -0.2) is 4.39 Å². The van der Waals surface area contributed by atoms with Gasteiger partial charge >= 0.3 is 0 Å². The number of nitrogens with one attached hydrogen (secondary N) is 1. The van der Waals surface area contributed by atoms with Gasteiger partial charge in [0.05, 0.1) is 10.7 Å². The lowest BCUT2D eigenvalue weighted by atomic mass is 9.93. The van der Waals surface area contributed by atoms with E-state index in [1.54, 1.807) is 0 Å². The maximum atomic E-state index is 13.1. The van der Waals surface area contributed by atoms with Crippen LogP contribution in [0.5, 0.6) is 0 Å². The minimum absolute atomic E-state index is 0.319. The molecule has 0 spiro atoms. The van der Waals surface area contributed by atoms with E-state index in [1.165, 1.54) is 25.0 Å². The fraction of sp³-hybridized carbons (Fsp3) is 0.429. The summed E-state index contributed by atoms with van der Waals surface area (Å²) in [6.07, 6.45) is 7.22. The summed E-state index contributed by atoms with van der Waals surface area (Å²) in [6.45, 7) is 0.898. The average Bonchev–Trinajstić information content (AvgIpc) is 2.89. The molecule has 1 saturated carbocycles. The fourth-order valence-electron chi connectivity index (χ4n) is 3.07. The van der Waals surface area contributed by atoms with E-state index in [0.29, 0.717) is 21.3 Å². The fourth-order valence-corrected chi connectivity index (χ4v) is 4.03. The van der Waals surface area contributed by atoms with E-state index < -0.39 is 0 Å². The number of benzene rings is 1. The topological polar surface area (TPSA) is 12.0 Å². The molecule has 1 N–H and O–H groups in total. The average molecular weight is 331 g/mol. The largest absolute Gasteiger partial charge is 0.383 e. The Bertz CT molecular complexity index is 480. The molecule has 1 aromatic carbocycles. The molecular formula is C14H14BrClFN. The molecule has 3 rings (SSSR count). The number of rotatable bonds is 3. The van der Waals surface area contributed by atoms with Crippen molar-refractivity contribution in [2.75, 3.05) is 11.9 Å². The molecule has 2 aliphatic rings. The Balaban J connectivity index is 1.69. The summed E-state index contributed by atoms with van der Waals surface area (Å²) >= 11 is 9.40. The molecule has 0 aromatic heterocycles. The van der Waals surface area contributed by atoms with Gasteiger partial charge in [0.2, 0.25) is 0 Å². The lowest BCUT2D eigenvalue weighted by molar-refractivity contribution is 0.472. The summed E-state index contributed by atoms with van der Waals surface area (Å²) in [6, 6.07) is 2.78. The van der Waals surface area contributed by atoms with Crippen LogP contribution in [0, 0.1) is 23.6 Å². The van der Waals surface area contributed by atoms with Crippen molar-refractivity contribution in [1.82, 2.24) is 0 Å². The monoisotopic (exact) mass is 329 g/mol. The van der Waals surface area contributed by atoms with Crippen molar-refractivity contribution in [3.05, 3.63) is 39.6 Å². The Kier molecular flexibility index (Phi) is 3.37. The van der Waals surface area contributed by atoms with Crippen molar-refractivity contribution in [3.8, 4) is 0 Å². The minimum Gasteiger partial charge on any atom is -0.383 e. The predicted molar refractivity (Wildman–Crippen MR) is 76.4 cm³/mol. The van der Waals surface area contributed by atoms with Crippen LogP contribution in [0.3, 0.4) is 0 Å². The smallest absolute Gasteiger partial charge is 0.125 e. The van der Waals surface area contributed by atoms with Gasteiger partial charge in [0.15, 0.2) is 0 Å². The van der Waals surface area contributed by atoms with Crippen LogP contribution in [0.25, 0.3) is 0 Å². The van der Waals surface area contributed by atoms with Crippen LogP contribution >= 0.6 is 27.5 Å². The Morgan fingerprint density at radius 1 is 1.33 bits per heavy atom. The van der Waals surface area contributed by atoms with Crippen LogP contribution in [0.15, 0.2) is 28.8 Å². The SMILES string of the molecule is Fc1cc(Cl)c(NCC2CC3C=CC2C3)c(Br)c1. The number of allylic oxidation sites excluding steroid dienone is 2. The van der Waals surface area contributed by atoms with Crippen molar-refractivity contribution in [1.29, 1.82) is 0 Å². The zero-order valence-electron chi connectivity index (χ0n) is 9.80. The number of hydrogen-bond donors (Lipinski definition) is 1. The van der Waals surface area contributed by atoms with Crippen molar-refractivity contribution >= 4 is 33.2 Å². The maximum Gasteiger partial charge on any atom is 0.125 e. The zero-order chi connectivity index (χ0) is 12.7. The van der Waals surface area contributed by atoms with Gasteiger partial charge in [-0.3, -0.25) is 0 Å². The molecule has 0 heterocycles. The summed E-state index contributed by atoms with van der Waals surface area (Å²) in [4.78, 5) is 0. The Morgan fingerprint density at radius 2 is 2.17 bits per heavy atom. The molecule has 0 saturated heterocycles. The number of anilines is 1. The van der Waals surface area contributed by atoms with Gasteiger partial charge in [-0.2, -0.15) is 0 Å². The van der Waals surface area contributed by atoms with E-state index in [0.717, 1.165) is 18.2 Å². The minimum atomic E-state index is -0.319. The second-order valence-electron chi connectivity index (χ2n) is 5.17. The van der Waals surface area contributed by atoms with Gasteiger partial charge in [0.1, 0.15) is 5.82 Å². The first kappa shape index (κ1) is 12.5. The first-order chi connectivity index (χ1) is 8.63. The Hall–Kier alpha value is -0.540. The van der Waals surface area contributed by atoms with Crippen LogP contribution in [0.1, 0.15) is 12.8 Å². The first-order valence-electron chi connectivity index (χ1n) is 6.20. The Morgan fingerprint density at radius 3 is 2.78 bits per heavy atom. The third-order valence-corrected chi connectivity index (χ3v) is 4.89. The van der Waals surface area contributed by atoms with Gasteiger partial charge < -0.3 is 5.32 Å². The molecule has 2 aliphatic carbocycles. The lowest BCUT2D eigenvalue weighted by Gasteiger charge is -2.20. The number of halogens is 3. The lowest BCUT2D eigenvalue weighted by Crippen LogP contribution is -2.18. The molecule has 1 fully saturated rings. The number of hydrogen-bond acceptors (Lipinski definition) is 1. The summed E-state index contributed by atoms with van der Waals surface area (Å²) < 4.78 is 13.8. The van der Waals surface area contributed by atoms with Gasteiger partial charge in [-0.15, -0.1) is 0 Å². The van der Waals surface area contributed by atoms with Gasteiger partial charge in [0.25, 0.3) is 0 Å². The van der Waals surface area contributed by atoms with Crippen molar-refractivity contribution < 1.29 is 4.39 Å². The molecule has 2 bridgehead atoms. The van der Waals surface area contributed by atoms with Crippen LogP contribution < -0.4 is 5.32 Å². The van der Waals surface area contributed by atoms with E-state index in [-0.39, 0.29) is 5.82 Å². The third-order valence-electron chi connectivity index (χ3n) is 3.96. The van der Waals surface area contributed by atoms with Gasteiger partial charge in [-0.05, 0) is 58.7 Å². The van der Waals surface area contributed by atoms with Crippen LogP contribution in [-0.4, -0.2) is 6.54 Å². The molecular weight excluding hydrogens is 317 g/mol. The van der Waals surface area contributed by atoms with Gasteiger partial charge in [-0.1, -0.05) is 23.8 Å². The van der Waals surface area contributed by atoms with Crippen LogP contribution in [-0.2, 0) is 0 Å². The highest BCUT2D eigenvalue weighted by molar-refractivity contribution is 9.10. The molecule has 0 radical (unpaired) electrons. The summed E-state index contributed by atoms with van der Waals surface area (Å²) in [7, 11) is 0. The third kappa shape index (κ3) is 2.30. The van der Waals surface area contributed by atoms with Crippen molar-refractivity contribution in [2.45, 2.75) is 12.8 Å². The highest BCUT2D eigenvalue weighted by Crippen LogP contribution is 2.43. The highest BCUT2D eigenvalue weighted by Gasteiger charge is 2.35. The van der Waals surface area contributed by atoms with E-state index in [1.807, 2.05) is 0 Å². The second-order valence-corrected chi connectivity index (χ2v) is 6.43. The molecule has 3 atom stereocenters. The quantitative estimate of drug-likeness (QED) is 0.780. The highest BCUT2D eigenvalue weighted by atomic mass is 79.9.